The van der Waals surface area contributed by atoms with Crippen LogP contribution in [0.15, 0.2) is 12.1 Å². The Hall–Kier alpha value is -0.580. The van der Waals surface area contributed by atoms with Gasteiger partial charge in [0.2, 0.25) is 0 Å². The molecule has 0 saturated carbocycles. The fourth-order valence-electron chi connectivity index (χ4n) is 1.78. The van der Waals surface area contributed by atoms with Gasteiger partial charge in [0.15, 0.2) is 5.06 Å². The van der Waals surface area contributed by atoms with Crippen molar-refractivity contribution in [1.29, 1.82) is 0 Å². The number of hydrogen-bond acceptors (Lipinski definition) is 4. The van der Waals surface area contributed by atoms with E-state index in [0.717, 1.165) is 29.5 Å². The quantitative estimate of drug-likeness (QED) is 0.797. The lowest BCUT2D eigenvalue weighted by atomic mass is 10.0. The van der Waals surface area contributed by atoms with Crippen molar-refractivity contribution in [3.05, 3.63) is 17.0 Å². The van der Waals surface area contributed by atoms with E-state index in [4.69, 9.17) is 4.74 Å². The summed E-state index contributed by atoms with van der Waals surface area (Å²) < 4.78 is 5.10. The first-order valence-corrected chi connectivity index (χ1v) is 5.65. The molecule has 3 nitrogen and oxygen atoms in total. The zero-order valence-electron chi connectivity index (χ0n) is 8.19. The Kier molecular flexibility index (Phi) is 3.05. The van der Waals surface area contributed by atoms with Crippen molar-refractivity contribution in [2.75, 3.05) is 20.2 Å². The van der Waals surface area contributed by atoms with Crippen LogP contribution in [0, 0.1) is 5.92 Å². The Balaban J connectivity index is 2.05. The third kappa shape index (κ3) is 1.92. The lowest BCUT2D eigenvalue weighted by Gasteiger charge is -2.14. The monoisotopic (exact) mass is 213 g/mol. The van der Waals surface area contributed by atoms with Gasteiger partial charge in [-0.3, -0.25) is 0 Å². The summed E-state index contributed by atoms with van der Waals surface area (Å²) in [6.45, 7) is 1.94. The van der Waals surface area contributed by atoms with Gasteiger partial charge in [0, 0.05) is 17.3 Å². The van der Waals surface area contributed by atoms with E-state index in [2.05, 4.69) is 5.32 Å². The largest absolute Gasteiger partial charge is 0.487 e. The van der Waals surface area contributed by atoms with E-state index in [1.807, 2.05) is 12.1 Å². The maximum Gasteiger partial charge on any atom is 0.173 e. The second-order valence-corrected chi connectivity index (χ2v) is 4.64. The maximum absolute atomic E-state index is 10.0. The van der Waals surface area contributed by atoms with Gasteiger partial charge in [0.25, 0.3) is 0 Å². The van der Waals surface area contributed by atoms with Gasteiger partial charge in [0.1, 0.15) is 0 Å². The molecule has 1 aromatic heterocycles. The number of rotatable bonds is 3. The normalized spacial score (nSPS) is 23.7. The Morgan fingerprint density at radius 2 is 2.50 bits per heavy atom. The molecule has 2 unspecified atom stereocenters. The van der Waals surface area contributed by atoms with E-state index < -0.39 is 0 Å². The van der Waals surface area contributed by atoms with E-state index in [1.54, 1.807) is 7.11 Å². The van der Waals surface area contributed by atoms with Crippen LogP contribution in [-0.2, 0) is 0 Å². The second-order valence-electron chi connectivity index (χ2n) is 3.56. The summed E-state index contributed by atoms with van der Waals surface area (Å²) in [7, 11) is 1.65. The van der Waals surface area contributed by atoms with Crippen LogP contribution in [-0.4, -0.2) is 25.3 Å². The lowest BCUT2D eigenvalue weighted by molar-refractivity contribution is 0.122. The first-order valence-electron chi connectivity index (χ1n) is 4.84. The summed E-state index contributed by atoms with van der Waals surface area (Å²) in [6, 6.07) is 3.86. The molecule has 2 N–H and O–H groups in total. The second kappa shape index (κ2) is 4.29. The average Bonchev–Trinajstić information content (AvgIpc) is 2.88. The molecule has 0 spiro atoms. The zero-order valence-corrected chi connectivity index (χ0v) is 9.01. The highest BCUT2D eigenvalue weighted by Gasteiger charge is 2.25. The van der Waals surface area contributed by atoms with Crippen molar-refractivity contribution >= 4 is 11.3 Å². The molecule has 0 amide bonds. The van der Waals surface area contributed by atoms with Crippen LogP contribution in [0.3, 0.4) is 0 Å². The summed E-state index contributed by atoms with van der Waals surface area (Å²) in [4.78, 5) is 1.01. The number of ether oxygens (including phenoxy) is 1. The van der Waals surface area contributed by atoms with Crippen molar-refractivity contribution in [1.82, 2.24) is 5.32 Å². The first-order chi connectivity index (χ1) is 6.81. The molecule has 0 bridgehead atoms. The third-order valence-corrected chi connectivity index (χ3v) is 3.76. The molecule has 4 heteroatoms. The van der Waals surface area contributed by atoms with Gasteiger partial charge >= 0.3 is 0 Å². The fraction of sp³-hybridized carbons (Fsp3) is 0.600. The van der Waals surface area contributed by atoms with Crippen LogP contribution in [0.25, 0.3) is 0 Å². The summed E-state index contributed by atoms with van der Waals surface area (Å²) in [5.74, 6) is 0.360. The molecule has 1 saturated heterocycles. The number of aliphatic hydroxyl groups is 1. The number of aliphatic hydroxyl groups excluding tert-OH is 1. The van der Waals surface area contributed by atoms with E-state index in [1.165, 1.54) is 11.3 Å². The van der Waals surface area contributed by atoms with Gasteiger partial charge in [0.05, 0.1) is 13.2 Å². The topological polar surface area (TPSA) is 41.5 Å². The van der Waals surface area contributed by atoms with Crippen LogP contribution >= 0.6 is 11.3 Å². The predicted molar refractivity (Wildman–Crippen MR) is 56.8 cm³/mol. The van der Waals surface area contributed by atoms with Gasteiger partial charge in [-0.2, -0.15) is 0 Å². The molecule has 2 rings (SSSR count). The van der Waals surface area contributed by atoms with Crippen LogP contribution in [0.5, 0.6) is 5.06 Å². The van der Waals surface area contributed by atoms with Gasteiger partial charge in [-0.15, -0.1) is 11.3 Å². The molecular weight excluding hydrogens is 198 g/mol. The summed E-state index contributed by atoms with van der Waals surface area (Å²) in [5.41, 5.74) is 0. The van der Waals surface area contributed by atoms with E-state index >= 15 is 0 Å². The van der Waals surface area contributed by atoms with Gasteiger partial charge in [-0.1, -0.05) is 0 Å². The minimum absolute atomic E-state index is 0.334. The van der Waals surface area contributed by atoms with Gasteiger partial charge in [-0.25, -0.2) is 0 Å². The Labute approximate surface area is 87.7 Å². The van der Waals surface area contributed by atoms with Crippen LogP contribution in [0.4, 0.5) is 0 Å². The standard InChI is InChI=1S/C10H15NO2S/c1-13-9-3-2-8(14-9)10(12)7-4-5-11-6-7/h2-3,7,10-12H,4-6H2,1H3. The molecule has 1 fully saturated rings. The molecule has 1 aliphatic rings. The molecule has 0 aromatic carbocycles. The molecule has 1 aliphatic heterocycles. The van der Waals surface area contributed by atoms with Crippen LogP contribution in [0.1, 0.15) is 17.4 Å². The minimum atomic E-state index is -0.334. The highest BCUT2D eigenvalue weighted by atomic mass is 32.1. The van der Waals surface area contributed by atoms with Gasteiger partial charge < -0.3 is 15.2 Å². The Morgan fingerprint density at radius 1 is 1.64 bits per heavy atom. The van der Waals surface area contributed by atoms with Crippen molar-refractivity contribution in [3.63, 3.8) is 0 Å². The third-order valence-electron chi connectivity index (χ3n) is 2.64. The number of methoxy groups -OCH3 is 1. The molecule has 2 atom stereocenters. The Morgan fingerprint density at radius 3 is 3.07 bits per heavy atom. The highest BCUT2D eigenvalue weighted by Crippen LogP contribution is 2.34. The predicted octanol–water partition coefficient (Wildman–Crippen LogP) is 1.40. The maximum atomic E-state index is 10.0. The number of hydrogen-bond donors (Lipinski definition) is 2. The fourth-order valence-corrected chi connectivity index (χ4v) is 2.68. The molecule has 2 heterocycles. The zero-order chi connectivity index (χ0) is 9.97. The Bertz CT molecular complexity index is 294. The first kappa shape index (κ1) is 9.96. The van der Waals surface area contributed by atoms with Crippen LogP contribution in [0.2, 0.25) is 0 Å². The molecule has 78 valence electrons. The van der Waals surface area contributed by atoms with Crippen molar-refractivity contribution in [3.8, 4) is 5.06 Å². The van der Waals surface area contributed by atoms with Crippen LogP contribution < -0.4 is 10.1 Å². The lowest BCUT2D eigenvalue weighted by Crippen LogP contribution is -2.15. The molecule has 0 radical (unpaired) electrons. The smallest absolute Gasteiger partial charge is 0.173 e. The highest BCUT2D eigenvalue weighted by molar-refractivity contribution is 7.13. The number of nitrogens with one attached hydrogen (secondary N) is 1. The molecule has 0 aliphatic carbocycles. The summed E-state index contributed by atoms with van der Waals surface area (Å²) >= 11 is 1.53. The molecule has 1 aromatic rings. The summed E-state index contributed by atoms with van der Waals surface area (Å²) in [5, 5.41) is 14.2. The van der Waals surface area contributed by atoms with E-state index in [9.17, 15) is 5.11 Å². The van der Waals surface area contributed by atoms with Gasteiger partial charge in [-0.05, 0) is 25.1 Å². The van der Waals surface area contributed by atoms with Crippen molar-refractivity contribution < 1.29 is 9.84 Å². The van der Waals surface area contributed by atoms with Crippen molar-refractivity contribution in [2.24, 2.45) is 5.92 Å². The average molecular weight is 213 g/mol. The van der Waals surface area contributed by atoms with E-state index in [-0.39, 0.29) is 6.10 Å². The SMILES string of the molecule is COc1ccc(C(O)C2CCNC2)s1. The number of thiophene rings is 1. The molecular formula is C10H15NO2S. The molecule has 14 heavy (non-hydrogen) atoms. The minimum Gasteiger partial charge on any atom is -0.487 e. The van der Waals surface area contributed by atoms with E-state index in [0.29, 0.717) is 5.92 Å². The van der Waals surface area contributed by atoms with Crippen molar-refractivity contribution in [2.45, 2.75) is 12.5 Å². The summed E-state index contributed by atoms with van der Waals surface area (Å²) in [6.07, 6.45) is 0.723.